The highest BCUT2D eigenvalue weighted by Crippen LogP contribution is 1.99. The van der Waals surface area contributed by atoms with E-state index in [0.29, 0.717) is 12.1 Å². The second kappa shape index (κ2) is 9.08. The quantitative estimate of drug-likeness (QED) is 0.416. The molecule has 106 valence electrons. The Kier molecular flexibility index (Phi) is 8.62. The monoisotopic (exact) mass is 258 g/mol. The number of aliphatic hydroxyl groups excluding tert-OH is 1. The predicted molar refractivity (Wildman–Crippen MR) is 72.1 cm³/mol. The van der Waals surface area contributed by atoms with Crippen molar-refractivity contribution in [3.63, 3.8) is 0 Å². The van der Waals surface area contributed by atoms with Crippen molar-refractivity contribution in [3.05, 3.63) is 12.2 Å². The van der Waals surface area contributed by atoms with Gasteiger partial charge < -0.3 is 20.9 Å². The van der Waals surface area contributed by atoms with E-state index >= 15 is 0 Å². The zero-order valence-corrected chi connectivity index (χ0v) is 11.6. The number of nitrogens with two attached hydrogens (primary N) is 1. The normalized spacial score (nSPS) is 15.8. The Labute approximate surface area is 109 Å². The second-order valence-corrected chi connectivity index (χ2v) is 4.75. The molecule has 5 heteroatoms. The molecule has 0 saturated heterocycles. The fraction of sp³-hybridized carbons (Fsp3) is 0.769. The molecule has 0 aliphatic rings. The van der Waals surface area contributed by atoms with Gasteiger partial charge >= 0.3 is 5.97 Å². The highest BCUT2D eigenvalue weighted by atomic mass is 16.5. The molecule has 0 saturated carbocycles. The maximum Gasteiger partial charge on any atom is 0.333 e. The molecule has 4 N–H and O–H groups in total. The van der Waals surface area contributed by atoms with Crippen molar-refractivity contribution in [1.29, 1.82) is 0 Å². The molecule has 0 aliphatic heterocycles. The number of hydrogen-bond acceptors (Lipinski definition) is 5. The average Bonchev–Trinajstić information content (AvgIpc) is 2.32. The van der Waals surface area contributed by atoms with Gasteiger partial charge in [0.2, 0.25) is 0 Å². The summed E-state index contributed by atoms with van der Waals surface area (Å²) in [7, 11) is 0. The zero-order chi connectivity index (χ0) is 14.1. The minimum absolute atomic E-state index is 0.0226. The molecule has 18 heavy (non-hydrogen) atoms. The van der Waals surface area contributed by atoms with Gasteiger partial charge in [-0.3, -0.25) is 0 Å². The first-order chi connectivity index (χ1) is 8.36. The van der Waals surface area contributed by atoms with E-state index < -0.39 is 12.1 Å². The van der Waals surface area contributed by atoms with Gasteiger partial charge in [0.05, 0.1) is 0 Å². The third-order valence-corrected chi connectivity index (χ3v) is 2.64. The molecular formula is C13H26N2O3. The zero-order valence-electron chi connectivity index (χ0n) is 11.6. The molecule has 0 bridgehead atoms. The predicted octanol–water partition coefficient (Wildman–Crippen LogP) is 0.572. The molecule has 0 heterocycles. The van der Waals surface area contributed by atoms with Crippen LogP contribution >= 0.6 is 0 Å². The van der Waals surface area contributed by atoms with Crippen molar-refractivity contribution in [2.45, 2.75) is 51.8 Å². The number of esters is 1. The maximum atomic E-state index is 11.1. The fourth-order valence-corrected chi connectivity index (χ4v) is 1.40. The number of ether oxygens (including phenoxy) is 1. The van der Waals surface area contributed by atoms with E-state index in [2.05, 4.69) is 11.9 Å². The summed E-state index contributed by atoms with van der Waals surface area (Å²) in [4.78, 5) is 11.1. The Balaban J connectivity index is 3.73. The summed E-state index contributed by atoms with van der Waals surface area (Å²) in [6, 6.07) is 0.400. The van der Waals surface area contributed by atoms with Crippen molar-refractivity contribution >= 4 is 5.97 Å². The minimum Gasteiger partial charge on any atom is -0.460 e. The molecule has 3 atom stereocenters. The van der Waals surface area contributed by atoms with E-state index in [0.717, 1.165) is 12.8 Å². The van der Waals surface area contributed by atoms with Gasteiger partial charge in [0, 0.05) is 24.2 Å². The highest BCUT2D eigenvalue weighted by Gasteiger charge is 2.12. The Morgan fingerprint density at radius 3 is 2.67 bits per heavy atom. The summed E-state index contributed by atoms with van der Waals surface area (Å²) in [5.41, 5.74) is 6.16. The maximum absolute atomic E-state index is 11.1. The van der Waals surface area contributed by atoms with Crippen LogP contribution in [0, 0.1) is 0 Å². The molecule has 0 aliphatic carbocycles. The van der Waals surface area contributed by atoms with Gasteiger partial charge in [0.25, 0.3) is 0 Å². The van der Waals surface area contributed by atoms with Crippen molar-refractivity contribution in [3.8, 4) is 0 Å². The number of aliphatic hydroxyl groups is 1. The lowest BCUT2D eigenvalue weighted by Crippen LogP contribution is -2.39. The summed E-state index contributed by atoms with van der Waals surface area (Å²) in [6.45, 7) is 9.45. The van der Waals surface area contributed by atoms with Crippen molar-refractivity contribution in [2.75, 3.05) is 13.2 Å². The van der Waals surface area contributed by atoms with Gasteiger partial charge in [0.1, 0.15) is 12.7 Å². The molecule has 0 spiro atoms. The van der Waals surface area contributed by atoms with E-state index in [1.54, 1.807) is 6.92 Å². The van der Waals surface area contributed by atoms with Gasteiger partial charge in [-0.1, -0.05) is 13.5 Å². The van der Waals surface area contributed by atoms with Gasteiger partial charge in [-0.25, -0.2) is 4.79 Å². The fourth-order valence-electron chi connectivity index (χ4n) is 1.40. The number of carbonyl (C=O) groups excluding carboxylic acids is 1. The van der Waals surface area contributed by atoms with Crippen LogP contribution in [-0.4, -0.2) is 42.4 Å². The van der Waals surface area contributed by atoms with Crippen molar-refractivity contribution in [1.82, 2.24) is 5.32 Å². The van der Waals surface area contributed by atoms with E-state index in [-0.39, 0.29) is 18.7 Å². The summed E-state index contributed by atoms with van der Waals surface area (Å²) in [6.07, 6.45) is 1.08. The molecule has 0 radical (unpaired) electrons. The first-order valence-corrected chi connectivity index (χ1v) is 6.36. The Bertz CT molecular complexity index is 269. The SMILES string of the molecule is C=C(C)C(=O)OCC(O)CNC(C)CC(N)CC. The van der Waals surface area contributed by atoms with Crippen molar-refractivity contribution < 1.29 is 14.6 Å². The minimum atomic E-state index is -0.714. The summed E-state index contributed by atoms with van der Waals surface area (Å²) >= 11 is 0. The third kappa shape index (κ3) is 8.22. The number of rotatable bonds is 9. The largest absolute Gasteiger partial charge is 0.460 e. The van der Waals surface area contributed by atoms with Crippen molar-refractivity contribution in [2.24, 2.45) is 5.73 Å². The van der Waals surface area contributed by atoms with Crippen LogP contribution < -0.4 is 11.1 Å². The summed E-state index contributed by atoms with van der Waals surface area (Å²) < 4.78 is 4.85. The van der Waals surface area contributed by atoms with Crippen LogP contribution in [0.4, 0.5) is 0 Å². The van der Waals surface area contributed by atoms with Crippen LogP contribution in [0.3, 0.4) is 0 Å². The summed E-state index contributed by atoms with van der Waals surface area (Å²) in [5, 5.41) is 12.8. The topological polar surface area (TPSA) is 84.6 Å². The molecule has 0 amide bonds. The van der Waals surface area contributed by atoms with E-state index in [1.165, 1.54) is 0 Å². The number of nitrogens with one attached hydrogen (secondary N) is 1. The summed E-state index contributed by atoms with van der Waals surface area (Å²) in [5.74, 6) is -0.477. The van der Waals surface area contributed by atoms with Crippen LogP contribution in [-0.2, 0) is 9.53 Å². The van der Waals surface area contributed by atoms with Crippen LogP contribution in [0.15, 0.2) is 12.2 Å². The highest BCUT2D eigenvalue weighted by molar-refractivity contribution is 5.86. The van der Waals surface area contributed by atoms with E-state index in [1.807, 2.05) is 13.8 Å². The molecule has 0 fully saturated rings. The Hall–Kier alpha value is -0.910. The molecule has 5 nitrogen and oxygen atoms in total. The Morgan fingerprint density at radius 1 is 1.56 bits per heavy atom. The number of hydrogen-bond donors (Lipinski definition) is 3. The van der Waals surface area contributed by atoms with Crippen LogP contribution in [0.1, 0.15) is 33.6 Å². The molecule has 3 unspecified atom stereocenters. The van der Waals surface area contributed by atoms with Crippen LogP contribution in [0.2, 0.25) is 0 Å². The standard InChI is InChI=1S/C13H26N2O3/c1-5-11(14)6-10(4)15-7-12(16)8-18-13(17)9(2)3/h10-12,15-16H,2,5-8,14H2,1,3-4H3. The second-order valence-electron chi connectivity index (χ2n) is 4.75. The molecule has 0 aromatic rings. The lowest BCUT2D eigenvalue weighted by molar-refractivity contribution is -0.141. The smallest absolute Gasteiger partial charge is 0.333 e. The lowest BCUT2D eigenvalue weighted by atomic mass is 10.1. The molecular weight excluding hydrogens is 232 g/mol. The Morgan fingerprint density at radius 2 is 2.17 bits per heavy atom. The molecule has 0 rings (SSSR count). The van der Waals surface area contributed by atoms with Crippen LogP contribution in [0.25, 0.3) is 0 Å². The third-order valence-electron chi connectivity index (χ3n) is 2.64. The first kappa shape index (κ1) is 17.1. The van der Waals surface area contributed by atoms with Gasteiger partial charge in [-0.15, -0.1) is 0 Å². The van der Waals surface area contributed by atoms with Gasteiger partial charge in [-0.2, -0.15) is 0 Å². The lowest BCUT2D eigenvalue weighted by Gasteiger charge is -2.19. The first-order valence-electron chi connectivity index (χ1n) is 6.36. The molecule has 0 aromatic carbocycles. The number of carbonyl (C=O) groups is 1. The average molecular weight is 258 g/mol. The van der Waals surface area contributed by atoms with Gasteiger partial charge in [-0.05, 0) is 26.7 Å². The van der Waals surface area contributed by atoms with Gasteiger partial charge in [0.15, 0.2) is 0 Å². The van der Waals surface area contributed by atoms with E-state index in [4.69, 9.17) is 10.5 Å². The molecule has 0 aromatic heterocycles. The van der Waals surface area contributed by atoms with Crippen LogP contribution in [0.5, 0.6) is 0 Å². The van der Waals surface area contributed by atoms with E-state index in [9.17, 15) is 9.90 Å².